The van der Waals surface area contributed by atoms with Crippen LogP contribution in [0.25, 0.3) is 21.9 Å². The summed E-state index contributed by atoms with van der Waals surface area (Å²) in [5, 5.41) is 11.6. The summed E-state index contributed by atoms with van der Waals surface area (Å²) in [6, 6.07) is 64.2. The molecule has 0 aliphatic carbocycles. The number of benzene rings is 7. The van der Waals surface area contributed by atoms with Gasteiger partial charge >= 0.3 is 0 Å². The molecule has 7 aromatic carbocycles. The minimum absolute atomic E-state index is 0.107. The van der Waals surface area contributed by atoms with Crippen LogP contribution in [-0.4, -0.2) is 14.4 Å². The second kappa shape index (κ2) is 10.5. The van der Waals surface area contributed by atoms with Crippen LogP contribution in [0.3, 0.4) is 0 Å². The zero-order valence-electron chi connectivity index (χ0n) is 26.1. The van der Waals surface area contributed by atoms with Crippen LogP contribution in [0.2, 0.25) is 0 Å². The lowest BCUT2D eigenvalue weighted by atomic mass is 10.1. The van der Waals surface area contributed by atoms with Crippen LogP contribution in [0.1, 0.15) is 0 Å². The Morgan fingerprint density at radius 2 is 1.04 bits per heavy atom. The highest BCUT2D eigenvalue weighted by molar-refractivity contribution is 7.19. The van der Waals surface area contributed by atoms with Gasteiger partial charge in [0.15, 0.2) is 14.4 Å². The third kappa shape index (κ3) is 3.82. The molecule has 2 aliphatic heterocycles. The van der Waals surface area contributed by atoms with Gasteiger partial charge in [0.25, 0.3) is 0 Å². The molecule has 228 valence electrons. The molecule has 0 fully saturated rings. The largest absolute Gasteiger partial charge is 0.456 e. The minimum atomic E-state index is -2.72. The molecule has 1 aromatic heterocycles. The van der Waals surface area contributed by atoms with Gasteiger partial charge < -0.3 is 14.6 Å². The Morgan fingerprint density at radius 3 is 1.75 bits per heavy atom. The Kier molecular flexibility index (Phi) is 5.92. The summed E-state index contributed by atoms with van der Waals surface area (Å²) in [6.07, 6.45) is -0.107. The maximum absolute atomic E-state index is 6.22. The maximum Gasteiger partial charge on any atom is 0.187 e. The first-order valence-corrected chi connectivity index (χ1v) is 18.5. The summed E-state index contributed by atoms with van der Waals surface area (Å²) in [4.78, 5) is 4.92. The predicted octanol–water partition coefficient (Wildman–Crippen LogP) is 7.96. The monoisotopic (exact) mass is 633 g/mol. The number of hydrogen-bond donors (Lipinski definition) is 1. The van der Waals surface area contributed by atoms with Gasteiger partial charge in [-0.2, -0.15) is 0 Å². The Bertz CT molecular complexity index is 2360. The number of para-hydroxylation sites is 3. The molecule has 3 heterocycles. The van der Waals surface area contributed by atoms with Crippen LogP contribution in [0.5, 0.6) is 0 Å². The van der Waals surface area contributed by atoms with E-state index in [0.717, 1.165) is 33.3 Å². The molecule has 1 N–H and O–H groups in total. The van der Waals surface area contributed by atoms with Crippen LogP contribution < -0.4 is 35.9 Å². The van der Waals surface area contributed by atoms with Gasteiger partial charge in [0, 0.05) is 16.5 Å². The second-order valence-corrected chi connectivity index (χ2v) is 16.4. The van der Waals surface area contributed by atoms with Gasteiger partial charge in [0.1, 0.15) is 11.2 Å². The maximum atomic E-state index is 6.22. The van der Waals surface area contributed by atoms with Gasteiger partial charge in [-0.3, -0.25) is 4.90 Å². The highest BCUT2D eigenvalue weighted by Gasteiger charge is 2.46. The second-order valence-electron chi connectivity index (χ2n) is 12.6. The van der Waals surface area contributed by atoms with E-state index in [-0.39, 0.29) is 6.29 Å². The fourth-order valence-corrected chi connectivity index (χ4v) is 12.8. The molecule has 0 radical (unpaired) electrons. The lowest BCUT2D eigenvalue weighted by Crippen LogP contribution is -2.74. The summed E-state index contributed by atoms with van der Waals surface area (Å²) in [7, 11) is -2.72. The van der Waals surface area contributed by atoms with Gasteiger partial charge in [0.05, 0.1) is 22.7 Å². The van der Waals surface area contributed by atoms with Crippen molar-refractivity contribution in [1.29, 1.82) is 0 Å². The van der Waals surface area contributed by atoms with Gasteiger partial charge in [0.2, 0.25) is 0 Å². The molecule has 1 atom stereocenters. The fourth-order valence-electron chi connectivity index (χ4n) is 8.08. The van der Waals surface area contributed by atoms with Crippen molar-refractivity contribution in [2.24, 2.45) is 0 Å². The van der Waals surface area contributed by atoms with Crippen molar-refractivity contribution in [3.63, 3.8) is 0 Å². The first-order valence-electron chi connectivity index (χ1n) is 16.5. The summed E-state index contributed by atoms with van der Waals surface area (Å²) < 4.78 is 6.22. The van der Waals surface area contributed by atoms with Crippen LogP contribution in [0.4, 0.5) is 28.4 Å². The molecule has 0 amide bonds. The molecule has 0 saturated heterocycles. The van der Waals surface area contributed by atoms with Gasteiger partial charge in [-0.1, -0.05) is 127 Å². The Morgan fingerprint density at radius 1 is 0.438 bits per heavy atom. The number of nitrogens with one attached hydrogen (secondary N) is 1. The quantitative estimate of drug-likeness (QED) is 0.154. The number of fused-ring (bicyclic) bond motifs is 8. The van der Waals surface area contributed by atoms with Gasteiger partial charge in [-0.05, 0) is 69.3 Å². The highest BCUT2D eigenvalue weighted by Crippen LogP contribution is 2.53. The Labute approximate surface area is 280 Å². The van der Waals surface area contributed by atoms with Gasteiger partial charge in [-0.15, -0.1) is 0 Å². The van der Waals surface area contributed by atoms with E-state index in [0.29, 0.717) is 0 Å². The molecule has 0 spiro atoms. The van der Waals surface area contributed by atoms with E-state index in [1.807, 2.05) is 12.1 Å². The molecule has 2 aliphatic rings. The molecule has 1 unspecified atom stereocenters. The summed E-state index contributed by atoms with van der Waals surface area (Å²) in [5.41, 5.74) is 7.63. The lowest BCUT2D eigenvalue weighted by Gasteiger charge is -2.35. The molecule has 4 nitrogen and oxygen atoms in total. The SMILES string of the molecule is c1ccc([Si](c2ccccc2)(c2ccccc2)c2ccc3c(c2)N2c4ccccc4NC2N3c2ccc3oc4ccccc4c3c2)cc1. The van der Waals surface area contributed by atoms with Crippen molar-refractivity contribution < 1.29 is 4.42 Å². The van der Waals surface area contributed by atoms with Crippen molar-refractivity contribution in [3.05, 3.63) is 176 Å². The molecule has 10 rings (SSSR count). The van der Waals surface area contributed by atoms with Crippen LogP contribution >= 0.6 is 0 Å². The lowest BCUT2D eigenvalue weighted by molar-refractivity contribution is 0.669. The number of hydrogen-bond acceptors (Lipinski definition) is 4. The topological polar surface area (TPSA) is 31.6 Å². The number of furan rings is 1. The van der Waals surface area contributed by atoms with E-state index >= 15 is 0 Å². The Hall–Kier alpha value is -6.04. The van der Waals surface area contributed by atoms with Crippen molar-refractivity contribution in [3.8, 4) is 0 Å². The minimum Gasteiger partial charge on any atom is -0.456 e. The number of rotatable bonds is 5. The molecule has 0 saturated carbocycles. The van der Waals surface area contributed by atoms with E-state index in [1.165, 1.54) is 37.8 Å². The molecular weight excluding hydrogens is 603 g/mol. The van der Waals surface area contributed by atoms with Crippen LogP contribution in [0, 0.1) is 0 Å². The predicted molar refractivity (Wildman–Crippen MR) is 202 cm³/mol. The smallest absolute Gasteiger partial charge is 0.187 e. The zero-order valence-corrected chi connectivity index (χ0v) is 27.1. The van der Waals surface area contributed by atoms with E-state index in [4.69, 9.17) is 4.42 Å². The Balaban J connectivity index is 1.23. The van der Waals surface area contributed by atoms with Gasteiger partial charge in [-0.25, -0.2) is 0 Å². The van der Waals surface area contributed by atoms with Crippen molar-refractivity contribution in [2.45, 2.75) is 6.29 Å². The average molecular weight is 634 g/mol. The first kappa shape index (κ1) is 27.1. The summed E-state index contributed by atoms with van der Waals surface area (Å²) in [5.74, 6) is 0. The number of anilines is 5. The molecule has 48 heavy (non-hydrogen) atoms. The molecule has 8 aromatic rings. The average Bonchev–Trinajstić information content (AvgIpc) is 3.82. The first-order chi connectivity index (χ1) is 23.8. The summed E-state index contributed by atoms with van der Waals surface area (Å²) in [6.45, 7) is 0. The van der Waals surface area contributed by atoms with Crippen molar-refractivity contribution in [2.75, 3.05) is 15.1 Å². The summed E-state index contributed by atoms with van der Waals surface area (Å²) >= 11 is 0. The third-order valence-electron chi connectivity index (χ3n) is 10.1. The molecule has 5 heteroatoms. The van der Waals surface area contributed by atoms with E-state index in [1.54, 1.807) is 0 Å². The molecule has 0 bridgehead atoms. The fraction of sp³-hybridized carbons (Fsp3) is 0.0233. The van der Waals surface area contributed by atoms with E-state index in [9.17, 15) is 0 Å². The van der Waals surface area contributed by atoms with Crippen LogP contribution in [0.15, 0.2) is 180 Å². The normalized spacial score (nSPS) is 15.0. The standard InChI is InChI=1S/C43H31N3OSi/c1-4-14-31(15-5-1)48(32-16-6-2-7-17-32,33-18-8-3-9-19-33)34-25-26-39-40(29-34)46-38-22-12-11-21-37(38)44-43(46)45(39)30-24-27-42-36(28-30)35-20-10-13-23-41(35)47-42/h1-29,43-44H. The van der Waals surface area contributed by atoms with E-state index in [2.05, 4.69) is 179 Å². The van der Waals surface area contributed by atoms with E-state index < -0.39 is 8.07 Å². The van der Waals surface area contributed by atoms with Crippen molar-refractivity contribution in [1.82, 2.24) is 0 Å². The zero-order chi connectivity index (χ0) is 31.7. The third-order valence-corrected chi connectivity index (χ3v) is 14.9. The number of nitrogens with zero attached hydrogens (tertiary/aromatic N) is 2. The van der Waals surface area contributed by atoms with Crippen molar-refractivity contribution >= 4 is 79.2 Å². The molecular formula is C43H31N3OSi. The highest BCUT2D eigenvalue weighted by atomic mass is 28.3. The van der Waals surface area contributed by atoms with Crippen LogP contribution in [-0.2, 0) is 0 Å².